The van der Waals surface area contributed by atoms with E-state index in [-0.39, 0.29) is 17.5 Å². The summed E-state index contributed by atoms with van der Waals surface area (Å²) in [4.78, 5) is 0.261. The van der Waals surface area contributed by atoms with Gasteiger partial charge in [-0.1, -0.05) is 26.7 Å². The minimum Gasteiger partial charge on any atom is -0.326 e. The first kappa shape index (κ1) is 17.1. The highest BCUT2D eigenvalue weighted by Gasteiger charge is 2.25. The molecule has 1 aromatic heterocycles. The first-order valence-electron chi connectivity index (χ1n) is 7.00. The molecule has 0 aromatic carbocycles. The van der Waals surface area contributed by atoms with E-state index in [9.17, 15) is 8.42 Å². The summed E-state index contributed by atoms with van der Waals surface area (Å²) in [6.07, 6.45) is 1.90. The van der Waals surface area contributed by atoms with Gasteiger partial charge in [0.2, 0.25) is 10.0 Å². The summed E-state index contributed by atoms with van der Waals surface area (Å²) in [5.74, 6) is 0.328. The van der Waals surface area contributed by atoms with Crippen molar-refractivity contribution >= 4 is 10.0 Å². The Labute approximate surface area is 121 Å². The van der Waals surface area contributed by atoms with Gasteiger partial charge >= 0.3 is 0 Å². The zero-order valence-electron chi connectivity index (χ0n) is 13.0. The summed E-state index contributed by atoms with van der Waals surface area (Å²) in [6, 6.07) is -0.169. The lowest BCUT2D eigenvalue weighted by atomic mass is 9.95. The number of hydrogen-bond donors (Lipinski definition) is 2. The highest BCUT2D eigenvalue weighted by Crippen LogP contribution is 2.18. The third kappa shape index (κ3) is 3.59. The maximum absolute atomic E-state index is 12.4. The molecule has 116 valence electrons. The van der Waals surface area contributed by atoms with Crippen LogP contribution in [0.4, 0.5) is 0 Å². The molecule has 7 heteroatoms. The number of nitrogens with one attached hydrogen (secondary N) is 1. The molecule has 0 spiro atoms. The Balaban J connectivity index is 2.86. The Morgan fingerprint density at radius 2 is 1.85 bits per heavy atom. The topological polar surface area (TPSA) is 90.0 Å². The molecule has 0 aliphatic rings. The second-order valence-electron chi connectivity index (χ2n) is 5.22. The average molecular weight is 302 g/mol. The number of nitrogens with two attached hydrogens (primary N) is 1. The Hall–Kier alpha value is -0.920. The standard InChI is InChI=1S/C13H26N4O2S/c1-6-11(7-2)12(14)8-15-20(18,19)13-9(3)16-17(5)10(13)4/h11-12,15H,6-8,14H2,1-5H3. The normalized spacial score (nSPS) is 13.9. The second kappa shape index (κ2) is 6.69. The van der Waals surface area contributed by atoms with E-state index in [0.717, 1.165) is 12.8 Å². The Bertz CT molecular complexity index is 547. The molecule has 0 aliphatic heterocycles. The largest absolute Gasteiger partial charge is 0.326 e. The van der Waals surface area contributed by atoms with Crippen molar-refractivity contribution in [1.29, 1.82) is 0 Å². The van der Waals surface area contributed by atoms with Gasteiger partial charge < -0.3 is 5.73 Å². The van der Waals surface area contributed by atoms with Crippen molar-refractivity contribution in [2.45, 2.75) is 51.5 Å². The molecule has 0 aliphatic carbocycles. The van der Waals surface area contributed by atoms with Gasteiger partial charge in [0, 0.05) is 19.6 Å². The van der Waals surface area contributed by atoms with Gasteiger partial charge in [-0.15, -0.1) is 0 Å². The summed E-state index contributed by atoms with van der Waals surface area (Å²) in [7, 11) is -1.83. The van der Waals surface area contributed by atoms with E-state index in [1.807, 2.05) is 0 Å². The smallest absolute Gasteiger partial charge is 0.244 e. The number of sulfonamides is 1. The van der Waals surface area contributed by atoms with Gasteiger partial charge in [0.25, 0.3) is 0 Å². The number of aryl methyl sites for hydroxylation is 2. The zero-order chi connectivity index (χ0) is 15.5. The predicted octanol–water partition coefficient (Wildman–Crippen LogP) is 1.08. The van der Waals surface area contributed by atoms with Crippen LogP contribution < -0.4 is 10.5 Å². The third-order valence-corrected chi connectivity index (χ3v) is 5.55. The molecule has 0 fully saturated rings. The van der Waals surface area contributed by atoms with E-state index in [4.69, 9.17) is 5.73 Å². The predicted molar refractivity (Wildman–Crippen MR) is 79.9 cm³/mol. The van der Waals surface area contributed by atoms with Crippen LogP contribution >= 0.6 is 0 Å². The summed E-state index contributed by atoms with van der Waals surface area (Å²) in [5, 5.41) is 4.14. The van der Waals surface area contributed by atoms with Crippen LogP contribution in [0.3, 0.4) is 0 Å². The summed E-state index contributed by atoms with van der Waals surface area (Å²) in [6.45, 7) is 7.83. The molecule has 1 rings (SSSR count). The molecular formula is C13H26N4O2S. The fraction of sp³-hybridized carbons (Fsp3) is 0.769. The zero-order valence-corrected chi connectivity index (χ0v) is 13.8. The van der Waals surface area contributed by atoms with Gasteiger partial charge in [-0.3, -0.25) is 4.68 Å². The minimum absolute atomic E-state index is 0.169. The molecule has 20 heavy (non-hydrogen) atoms. The van der Waals surface area contributed by atoms with Crippen LogP contribution in [0.1, 0.15) is 38.1 Å². The quantitative estimate of drug-likeness (QED) is 0.788. The molecule has 0 saturated heterocycles. The molecular weight excluding hydrogens is 276 g/mol. The van der Waals surface area contributed by atoms with Crippen LogP contribution in [-0.2, 0) is 17.1 Å². The van der Waals surface area contributed by atoms with Crippen molar-refractivity contribution in [2.24, 2.45) is 18.7 Å². The van der Waals surface area contributed by atoms with Crippen molar-refractivity contribution in [3.63, 3.8) is 0 Å². The Morgan fingerprint density at radius 3 is 2.25 bits per heavy atom. The molecule has 1 unspecified atom stereocenters. The van der Waals surface area contributed by atoms with E-state index in [1.165, 1.54) is 0 Å². The van der Waals surface area contributed by atoms with Gasteiger partial charge in [0.1, 0.15) is 4.90 Å². The molecule has 3 N–H and O–H groups in total. The molecule has 1 atom stereocenters. The molecule has 0 bridgehead atoms. The fourth-order valence-electron chi connectivity index (χ4n) is 2.48. The van der Waals surface area contributed by atoms with Gasteiger partial charge in [0.05, 0.1) is 11.4 Å². The third-order valence-electron chi connectivity index (χ3n) is 3.87. The number of aromatic nitrogens is 2. The molecule has 0 saturated carbocycles. The van der Waals surface area contributed by atoms with E-state index >= 15 is 0 Å². The van der Waals surface area contributed by atoms with Crippen molar-refractivity contribution in [3.8, 4) is 0 Å². The number of nitrogens with zero attached hydrogens (tertiary/aromatic N) is 2. The van der Waals surface area contributed by atoms with Gasteiger partial charge in [-0.25, -0.2) is 13.1 Å². The van der Waals surface area contributed by atoms with Crippen molar-refractivity contribution < 1.29 is 8.42 Å². The average Bonchev–Trinajstić information content (AvgIpc) is 2.63. The Kier molecular flexibility index (Phi) is 5.73. The Morgan fingerprint density at radius 1 is 1.30 bits per heavy atom. The van der Waals surface area contributed by atoms with Crippen LogP contribution in [-0.4, -0.2) is 30.8 Å². The van der Waals surface area contributed by atoms with Crippen LogP contribution in [0.15, 0.2) is 4.90 Å². The van der Waals surface area contributed by atoms with E-state index in [2.05, 4.69) is 23.7 Å². The molecule has 0 radical (unpaired) electrons. The summed E-state index contributed by atoms with van der Waals surface area (Å²) in [5.41, 5.74) is 7.20. The van der Waals surface area contributed by atoms with Crippen LogP contribution in [0.5, 0.6) is 0 Å². The molecule has 0 amide bonds. The van der Waals surface area contributed by atoms with E-state index in [0.29, 0.717) is 17.3 Å². The van der Waals surface area contributed by atoms with Crippen LogP contribution in [0.25, 0.3) is 0 Å². The highest BCUT2D eigenvalue weighted by molar-refractivity contribution is 7.89. The summed E-state index contributed by atoms with van der Waals surface area (Å²) < 4.78 is 28.9. The van der Waals surface area contributed by atoms with Crippen molar-refractivity contribution in [1.82, 2.24) is 14.5 Å². The van der Waals surface area contributed by atoms with Gasteiger partial charge in [-0.2, -0.15) is 5.10 Å². The molecule has 1 heterocycles. The van der Waals surface area contributed by atoms with Crippen LogP contribution in [0.2, 0.25) is 0 Å². The molecule has 6 nitrogen and oxygen atoms in total. The monoisotopic (exact) mass is 302 g/mol. The van der Waals surface area contributed by atoms with Crippen LogP contribution in [0, 0.1) is 19.8 Å². The first-order chi connectivity index (χ1) is 9.24. The fourth-order valence-corrected chi connectivity index (χ4v) is 3.99. The lowest BCUT2D eigenvalue weighted by molar-refractivity contribution is 0.392. The second-order valence-corrected chi connectivity index (χ2v) is 6.92. The maximum Gasteiger partial charge on any atom is 0.244 e. The SMILES string of the molecule is CCC(CC)C(N)CNS(=O)(=O)c1c(C)nn(C)c1C. The van der Waals surface area contributed by atoms with E-state index < -0.39 is 10.0 Å². The van der Waals surface area contributed by atoms with Crippen molar-refractivity contribution in [3.05, 3.63) is 11.4 Å². The molecule has 1 aromatic rings. The van der Waals surface area contributed by atoms with E-state index in [1.54, 1.807) is 25.6 Å². The lowest BCUT2D eigenvalue weighted by Crippen LogP contribution is -2.42. The first-order valence-corrected chi connectivity index (χ1v) is 8.48. The minimum atomic E-state index is -3.56. The number of hydrogen-bond acceptors (Lipinski definition) is 4. The van der Waals surface area contributed by atoms with Crippen molar-refractivity contribution in [2.75, 3.05) is 6.54 Å². The van der Waals surface area contributed by atoms with Gasteiger partial charge in [0.15, 0.2) is 0 Å². The van der Waals surface area contributed by atoms with Gasteiger partial charge in [-0.05, 0) is 19.8 Å². The maximum atomic E-state index is 12.4. The highest BCUT2D eigenvalue weighted by atomic mass is 32.2. The summed E-state index contributed by atoms with van der Waals surface area (Å²) >= 11 is 0. The lowest BCUT2D eigenvalue weighted by Gasteiger charge is -2.21. The number of rotatable bonds is 7.